The highest BCUT2D eigenvalue weighted by Gasteiger charge is 2.30. The summed E-state index contributed by atoms with van der Waals surface area (Å²) < 4.78 is 0. The number of carboxylic acids is 1. The smallest absolute Gasteiger partial charge is 0.323 e. The van der Waals surface area contributed by atoms with Crippen LogP contribution < -0.4 is 5.73 Å². The largest absolute Gasteiger partial charge is 0.480 e. The fourth-order valence-electron chi connectivity index (χ4n) is 1.48. The van der Waals surface area contributed by atoms with Crippen molar-refractivity contribution in [3.63, 3.8) is 0 Å². The van der Waals surface area contributed by atoms with Crippen molar-refractivity contribution >= 4 is 17.7 Å². The lowest BCUT2D eigenvalue weighted by atomic mass is 9.92. The van der Waals surface area contributed by atoms with E-state index in [0.717, 1.165) is 12.2 Å². The van der Waals surface area contributed by atoms with Gasteiger partial charge in [-0.3, -0.25) is 4.79 Å². The van der Waals surface area contributed by atoms with E-state index >= 15 is 0 Å². The molecule has 4 heteroatoms. The van der Waals surface area contributed by atoms with E-state index in [1.54, 1.807) is 0 Å². The molecule has 0 aromatic rings. The van der Waals surface area contributed by atoms with Crippen molar-refractivity contribution in [2.24, 2.45) is 5.73 Å². The average molecular weight is 247 g/mol. The monoisotopic (exact) mass is 247 g/mol. The quantitative estimate of drug-likeness (QED) is 0.583. The number of rotatable bonds is 10. The van der Waals surface area contributed by atoms with Crippen molar-refractivity contribution in [1.29, 1.82) is 0 Å². The normalized spacial score (nSPS) is 14.7. The SMILES string of the molecule is CCCCCSCCCC(N)(CC)C(=O)O. The van der Waals surface area contributed by atoms with Crippen molar-refractivity contribution in [1.82, 2.24) is 0 Å². The van der Waals surface area contributed by atoms with Gasteiger partial charge in [0.15, 0.2) is 0 Å². The van der Waals surface area contributed by atoms with Gasteiger partial charge < -0.3 is 10.8 Å². The second kappa shape index (κ2) is 8.88. The average Bonchev–Trinajstić information content (AvgIpc) is 2.27. The van der Waals surface area contributed by atoms with Crippen molar-refractivity contribution in [2.75, 3.05) is 11.5 Å². The minimum absolute atomic E-state index is 0.503. The zero-order chi connectivity index (χ0) is 12.4. The lowest BCUT2D eigenvalue weighted by Crippen LogP contribution is -2.47. The number of aliphatic carboxylic acids is 1. The highest BCUT2D eigenvalue weighted by Crippen LogP contribution is 2.17. The van der Waals surface area contributed by atoms with Gasteiger partial charge in [0.2, 0.25) is 0 Å². The fraction of sp³-hybridized carbons (Fsp3) is 0.917. The molecule has 0 rings (SSSR count). The Morgan fingerprint density at radius 3 is 2.38 bits per heavy atom. The summed E-state index contributed by atoms with van der Waals surface area (Å²) in [6.45, 7) is 4.03. The third-order valence-corrected chi connectivity index (χ3v) is 4.02. The first-order valence-electron chi connectivity index (χ1n) is 6.17. The highest BCUT2D eigenvalue weighted by atomic mass is 32.2. The topological polar surface area (TPSA) is 63.3 Å². The second-order valence-corrected chi connectivity index (χ2v) is 5.46. The summed E-state index contributed by atoms with van der Waals surface area (Å²) in [5.74, 6) is 1.34. The molecular formula is C12H25NO2S. The molecule has 0 spiro atoms. The first-order chi connectivity index (χ1) is 7.56. The van der Waals surface area contributed by atoms with E-state index in [1.165, 1.54) is 25.0 Å². The van der Waals surface area contributed by atoms with E-state index in [1.807, 2.05) is 18.7 Å². The van der Waals surface area contributed by atoms with E-state index in [0.29, 0.717) is 12.8 Å². The molecule has 3 nitrogen and oxygen atoms in total. The van der Waals surface area contributed by atoms with E-state index in [9.17, 15) is 4.79 Å². The summed E-state index contributed by atoms with van der Waals surface area (Å²) in [6.07, 6.45) is 5.79. The van der Waals surface area contributed by atoms with Gasteiger partial charge in [0.25, 0.3) is 0 Å². The molecule has 1 atom stereocenters. The summed E-state index contributed by atoms with van der Waals surface area (Å²) in [4.78, 5) is 10.9. The first kappa shape index (κ1) is 15.8. The van der Waals surface area contributed by atoms with Crippen LogP contribution in [0.1, 0.15) is 52.4 Å². The summed E-state index contributed by atoms with van der Waals surface area (Å²) in [5.41, 5.74) is 4.78. The molecule has 0 saturated heterocycles. The molecule has 0 aliphatic rings. The minimum Gasteiger partial charge on any atom is -0.480 e. The fourth-order valence-corrected chi connectivity index (χ4v) is 2.44. The van der Waals surface area contributed by atoms with Crippen LogP contribution in [0.2, 0.25) is 0 Å². The van der Waals surface area contributed by atoms with Gasteiger partial charge >= 0.3 is 5.97 Å². The maximum absolute atomic E-state index is 10.9. The Bertz CT molecular complexity index is 199. The van der Waals surface area contributed by atoms with Gasteiger partial charge in [0, 0.05) is 0 Å². The van der Waals surface area contributed by atoms with Gasteiger partial charge in [-0.05, 0) is 37.2 Å². The lowest BCUT2D eigenvalue weighted by molar-refractivity contribution is -0.143. The number of nitrogens with two attached hydrogens (primary N) is 1. The van der Waals surface area contributed by atoms with Gasteiger partial charge in [-0.25, -0.2) is 0 Å². The predicted octanol–water partition coefficient (Wildman–Crippen LogP) is 2.88. The molecular weight excluding hydrogens is 222 g/mol. The van der Waals surface area contributed by atoms with Crippen LogP contribution in [0.25, 0.3) is 0 Å². The number of carbonyl (C=O) groups is 1. The van der Waals surface area contributed by atoms with Gasteiger partial charge in [-0.2, -0.15) is 11.8 Å². The number of hydrogen-bond acceptors (Lipinski definition) is 3. The van der Waals surface area contributed by atoms with Crippen LogP contribution >= 0.6 is 11.8 Å². The molecule has 16 heavy (non-hydrogen) atoms. The molecule has 0 fully saturated rings. The zero-order valence-corrected chi connectivity index (χ0v) is 11.3. The Labute approximate surface area is 103 Å². The van der Waals surface area contributed by atoms with Gasteiger partial charge in [-0.1, -0.05) is 26.7 Å². The maximum Gasteiger partial charge on any atom is 0.323 e. The third kappa shape index (κ3) is 6.38. The molecule has 0 radical (unpaired) electrons. The van der Waals surface area contributed by atoms with Crippen molar-refractivity contribution < 1.29 is 9.90 Å². The van der Waals surface area contributed by atoms with Crippen molar-refractivity contribution in [3.05, 3.63) is 0 Å². The third-order valence-electron chi connectivity index (χ3n) is 2.86. The molecule has 0 saturated carbocycles. The van der Waals surface area contributed by atoms with Crippen LogP contribution in [-0.4, -0.2) is 28.1 Å². The predicted molar refractivity (Wildman–Crippen MR) is 70.9 cm³/mol. The van der Waals surface area contributed by atoms with E-state index < -0.39 is 11.5 Å². The van der Waals surface area contributed by atoms with Crippen LogP contribution in [0, 0.1) is 0 Å². The maximum atomic E-state index is 10.9. The summed E-state index contributed by atoms with van der Waals surface area (Å²) in [6, 6.07) is 0. The van der Waals surface area contributed by atoms with Crippen LogP contribution in [0.4, 0.5) is 0 Å². The van der Waals surface area contributed by atoms with Crippen molar-refractivity contribution in [2.45, 2.75) is 57.9 Å². The standard InChI is InChI=1S/C12H25NO2S/c1-3-5-6-9-16-10-7-8-12(13,4-2)11(14)15/h3-10,13H2,1-2H3,(H,14,15). The molecule has 0 aliphatic carbocycles. The number of thioether (sulfide) groups is 1. The second-order valence-electron chi connectivity index (χ2n) is 4.24. The lowest BCUT2D eigenvalue weighted by Gasteiger charge is -2.22. The molecule has 1 unspecified atom stereocenters. The van der Waals surface area contributed by atoms with Gasteiger partial charge in [0.05, 0.1) is 0 Å². The van der Waals surface area contributed by atoms with Gasteiger partial charge in [-0.15, -0.1) is 0 Å². The summed E-state index contributed by atoms with van der Waals surface area (Å²) in [7, 11) is 0. The van der Waals surface area contributed by atoms with Crippen LogP contribution in [-0.2, 0) is 4.79 Å². The molecule has 0 heterocycles. The number of unbranched alkanes of at least 4 members (excludes halogenated alkanes) is 2. The van der Waals surface area contributed by atoms with Crippen LogP contribution in [0.15, 0.2) is 0 Å². The molecule has 0 amide bonds. The van der Waals surface area contributed by atoms with Crippen LogP contribution in [0.5, 0.6) is 0 Å². The Kier molecular flexibility index (Phi) is 8.76. The van der Waals surface area contributed by atoms with E-state index in [4.69, 9.17) is 10.8 Å². The molecule has 96 valence electrons. The first-order valence-corrected chi connectivity index (χ1v) is 7.32. The van der Waals surface area contributed by atoms with E-state index in [-0.39, 0.29) is 0 Å². The highest BCUT2D eigenvalue weighted by molar-refractivity contribution is 7.99. The number of carboxylic acid groups (broad SMARTS) is 1. The molecule has 0 aromatic heterocycles. The number of hydrogen-bond donors (Lipinski definition) is 2. The Balaban J connectivity index is 3.53. The van der Waals surface area contributed by atoms with Crippen molar-refractivity contribution in [3.8, 4) is 0 Å². The summed E-state index contributed by atoms with van der Waals surface area (Å²) >= 11 is 1.91. The zero-order valence-electron chi connectivity index (χ0n) is 10.5. The van der Waals surface area contributed by atoms with Gasteiger partial charge in [0.1, 0.15) is 5.54 Å². The summed E-state index contributed by atoms with van der Waals surface area (Å²) in [5, 5.41) is 8.97. The molecule has 0 bridgehead atoms. The molecule has 0 aromatic carbocycles. The molecule has 3 N–H and O–H groups in total. The van der Waals surface area contributed by atoms with Crippen LogP contribution in [0.3, 0.4) is 0 Å². The van der Waals surface area contributed by atoms with E-state index in [2.05, 4.69) is 6.92 Å². The Morgan fingerprint density at radius 2 is 1.88 bits per heavy atom. The molecule has 0 aliphatic heterocycles. The Morgan fingerprint density at radius 1 is 1.25 bits per heavy atom. The minimum atomic E-state index is -1.01. The Hall–Kier alpha value is -0.220.